The van der Waals surface area contributed by atoms with Gasteiger partial charge in [-0.15, -0.1) is 0 Å². The highest BCUT2D eigenvalue weighted by molar-refractivity contribution is 9.10. The summed E-state index contributed by atoms with van der Waals surface area (Å²) in [5.41, 5.74) is 2.27. The Labute approximate surface area is 122 Å². The smallest absolute Gasteiger partial charge is 0.132 e. The Bertz CT molecular complexity index is 528. The molecule has 0 bridgehead atoms. The zero-order valence-electron chi connectivity index (χ0n) is 11.1. The third-order valence-electron chi connectivity index (χ3n) is 2.75. The average Bonchev–Trinajstić information content (AvgIpc) is 2.39. The van der Waals surface area contributed by atoms with Gasteiger partial charge in [-0.1, -0.05) is 35.0 Å². The molecule has 0 saturated carbocycles. The number of hydrogen-bond acceptors (Lipinski definition) is 3. The van der Waals surface area contributed by atoms with Crippen LogP contribution in [0.25, 0.3) is 0 Å². The van der Waals surface area contributed by atoms with Crippen LogP contribution in [-0.4, -0.2) is 16.5 Å². The quantitative estimate of drug-likeness (QED) is 0.830. The van der Waals surface area contributed by atoms with E-state index in [2.05, 4.69) is 50.3 Å². The van der Waals surface area contributed by atoms with E-state index >= 15 is 0 Å². The molecule has 19 heavy (non-hydrogen) atoms. The minimum absolute atomic E-state index is 0.765. The lowest BCUT2D eigenvalue weighted by Gasteiger charge is -2.05. The number of nitrogens with one attached hydrogen (secondary N) is 1. The standard InChI is InChI=1S/C15H18BrN3/c1-2-7-17-11-14-6-8-18-15(19-14)10-12-4-3-5-13(16)9-12/h3-6,8-9,17H,2,7,10-11H2,1H3. The summed E-state index contributed by atoms with van der Waals surface area (Å²) in [7, 11) is 0. The van der Waals surface area contributed by atoms with Gasteiger partial charge in [-0.3, -0.25) is 0 Å². The Morgan fingerprint density at radius 2 is 2.16 bits per heavy atom. The molecule has 0 saturated heterocycles. The summed E-state index contributed by atoms with van der Waals surface area (Å²) in [5.74, 6) is 0.869. The number of halogens is 1. The molecule has 2 rings (SSSR count). The average molecular weight is 320 g/mol. The minimum Gasteiger partial charge on any atom is -0.311 e. The Hall–Kier alpha value is -1.26. The molecule has 1 heterocycles. The van der Waals surface area contributed by atoms with E-state index in [1.54, 1.807) is 0 Å². The number of nitrogens with zero attached hydrogens (tertiary/aromatic N) is 2. The van der Waals surface area contributed by atoms with Crippen molar-refractivity contribution >= 4 is 15.9 Å². The highest BCUT2D eigenvalue weighted by Crippen LogP contribution is 2.13. The third kappa shape index (κ3) is 4.73. The molecule has 1 aromatic carbocycles. The lowest BCUT2D eigenvalue weighted by atomic mass is 10.1. The third-order valence-corrected chi connectivity index (χ3v) is 3.24. The summed E-state index contributed by atoms with van der Waals surface area (Å²) in [6.07, 6.45) is 3.74. The number of benzene rings is 1. The van der Waals surface area contributed by atoms with Crippen molar-refractivity contribution in [2.75, 3.05) is 6.54 Å². The monoisotopic (exact) mass is 319 g/mol. The normalized spacial score (nSPS) is 10.6. The zero-order chi connectivity index (χ0) is 13.5. The molecule has 0 unspecified atom stereocenters. The summed E-state index contributed by atoms with van der Waals surface area (Å²) in [6.45, 7) is 3.98. The molecule has 0 aliphatic carbocycles. The molecule has 0 aliphatic heterocycles. The molecular weight excluding hydrogens is 302 g/mol. The van der Waals surface area contributed by atoms with Gasteiger partial charge in [0.15, 0.2) is 0 Å². The Morgan fingerprint density at radius 3 is 2.95 bits per heavy atom. The molecule has 0 spiro atoms. The van der Waals surface area contributed by atoms with Crippen LogP contribution in [0.5, 0.6) is 0 Å². The highest BCUT2D eigenvalue weighted by Gasteiger charge is 2.02. The minimum atomic E-state index is 0.765. The van der Waals surface area contributed by atoms with E-state index in [4.69, 9.17) is 0 Å². The van der Waals surface area contributed by atoms with Crippen LogP contribution in [0.3, 0.4) is 0 Å². The number of rotatable bonds is 6. The van der Waals surface area contributed by atoms with E-state index in [1.165, 1.54) is 5.56 Å². The summed E-state index contributed by atoms with van der Waals surface area (Å²) >= 11 is 3.48. The van der Waals surface area contributed by atoms with Crippen molar-refractivity contribution in [1.29, 1.82) is 0 Å². The molecule has 0 amide bonds. The van der Waals surface area contributed by atoms with Gasteiger partial charge < -0.3 is 5.32 Å². The second-order valence-corrected chi connectivity index (χ2v) is 5.36. The summed E-state index contributed by atoms with van der Waals surface area (Å²) in [4.78, 5) is 8.92. The van der Waals surface area contributed by atoms with E-state index in [9.17, 15) is 0 Å². The fourth-order valence-electron chi connectivity index (χ4n) is 1.85. The van der Waals surface area contributed by atoms with Crippen molar-refractivity contribution < 1.29 is 0 Å². The van der Waals surface area contributed by atoms with Crippen LogP contribution in [0.1, 0.15) is 30.4 Å². The lowest BCUT2D eigenvalue weighted by Crippen LogP contribution is -2.15. The van der Waals surface area contributed by atoms with E-state index in [1.807, 2.05) is 24.4 Å². The van der Waals surface area contributed by atoms with Crippen molar-refractivity contribution in [2.45, 2.75) is 26.3 Å². The number of hydrogen-bond donors (Lipinski definition) is 1. The topological polar surface area (TPSA) is 37.8 Å². The van der Waals surface area contributed by atoms with Crippen molar-refractivity contribution in [3.8, 4) is 0 Å². The van der Waals surface area contributed by atoms with Crippen molar-refractivity contribution in [3.05, 3.63) is 58.1 Å². The first-order chi connectivity index (χ1) is 9.28. The first-order valence-electron chi connectivity index (χ1n) is 6.54. The molecule has 0 fully saturated rings. The maximum absolute atomic E-state index is 4.58. The van der Waals surface area contributed by atoms with Gasteiger partial charge >= 0.3 is 0 Å². The van der Waals surface area contributed by atoms with Crippen molar-refractivity contribution in [3.63, 3.8) is 0 Å². The molecule has 1 N–H and O–H groups in total. The summed E-state index contributed by atoms with van der Waals surface area (Å²) in [5, 5.41) is 3.35. The van der Waals surface area contributed by atoms with Gasteiger partial charge in [0, 0.05) is 23.6 Å². The Morgan fingerprint density at radius 1 is 1.26 bits per heavy atom. The van der Waals surface area contributed by atoms with Gasteiger partial charge in [-0.2, -0.15) is 0 Å². The van der Waals surface area contributed by atoms with Gasteiger partial charge in [0.25, 0.3) is 0 Å². The summed E-state index contributed by atoms with van der Waals surface area (Å²) in [6, 6.07) is 10.2. The molecule has 4 heteroatoms. The van der Waals surface area contributed by atoms with Crippen LogP contribution in [-0.2, 0) is 13.0 Å². The fraction of sp³-hybridized carbons (Fsp3) is 0.333. The van der Waals surface area contributed by atoms with E-state index in [-0.39, 0.29) is 0 Å². The van der Waals surface area contributed by atoms with E-state index in [0.29, 0.717) is 0 Å². The molecule has 100 valence electrons. The van der Waals surface area contributed by atoms with Crippen LogP contribution in [0.2, 0.25) is 0 Å². The van der Waals surface area contributed by atoms with Gasteiger partial charge in [-0.05, 0) is 36.7 Å². The van der Waals surface area contributed by atoms with Gasteiger partial charge in [0.05, 0.1) is 5.69 Å². The van der Waals surface area contributed by atoms with Crippen molar-refractivity contribution in [1.82, 2.24) is 15.3 Å². The predicted molar refractivity (Wildman–Crippen MR) is 81.0 cm³/mol. The van der Waals surface area contributed by atoms with Gasteiger partial charge in [0.1, 0.15) is 5.82 Å². The fourth-order valence-corrected chi connectivity index (χ4v) is 2.29. The molecule has 1 aromatic heterocycles. The molecule has 3 nitrogen and oxygen atoms in total. The molecular formula is C15H18BrN3. The summed E-state index contributed by atoms with van der Waals surface area (Å²) < 4.78 is 1.09. The Balaban J connectivity index is 2.02. The van der Waals surface area contributed by atoms with Crippen LogP contribution in [0.4, 0.5) is 0 Å². The second-order valence-electron chi connectivity index (χ2n) is 4.45. The molecule has 0 atom stereocenters. The second kappa shape index (κ2) is 7.36. The van der Waals surface area contributed by atoms with Crippen LogP contribution < -0.4 is 5.32 Å². The Kier molecular flexibility index (Phi) is 5.48. The lowest BCUT2D eigenvalue weighted by molar-refractivity contribution is 0.659. The zero-order valence-corrected chi connectivity index (χ0v) is 12.7. The number of aromatic nitrogens is 2. The maximum Gasteiger partial charge on any atom is 0.132 e. The van der Waals surface area contributed by atoms with Crippen LogP contribution >= 0.6 is 15.9 Å². The van der Waals surface area contributed by atoms with E-state index in [0.717, 1.165) is 41.9 Å². The first kappa shape index (κ1) is 14.2. The van der Waals surface area contributed by atoms with Crippen LogP contribution in [0, 0.1) is 0 Å². The molecule has 0 radical (unpaired) electrons. The van der Waals surface area contributed by atoms with Gasteiger partial charge in [0.2, 0.25) is 0 Å². The van der Waals surface area contributed by atoms with E-state index < -0.39 is 0 Å². The molecule has 0 aliphatic rings. The SMILES string of the molecule is CCCNCc1ccnc(Cc2cccc(Br)c2)n1. The maximum atomic E-state index is 4.58. The predicted octanol–water partition coefficient (Wildman–Crippen LogP) is 3.33. The largest absolute Gasteiger partial charge is 0.311 e. The first-order valence-corrected chi connectivity index (χ1v) is 7.33. The van der Waals surface area contributed by atoms with Crippen molar-refractivity contribution in [2.24, 2.45) is 0 Å². The van der Waals surface area contributed by atoms with Crippen LogP contribution in [0.15, 0.2) is 41.0 Å². The molecule has 2 aromatic rings. The highest BCUT2D eigenvalue weighted by atomic mass is 79.9. The van der Waals surface area contributed by atoms with Gasteiger partial charge in [-0.25, -0.2) is 9.97 Å².